The monoisotopic (exact) mass is 303 g/mol. The van der Waals surface area contributed by atoms with Crippen LogP contribution >= 0.6 is 0 Å². The first-order valence-corrected chi connectivity index (χ1v) is 7.44. The molecule has 1 aromatic carbocycles. The van der Waals surface area contributed by atoms with Crippen molar-refractivity contribution in [2.75, 3.05) is 27.4 Å². The number of carbonyl (C=O) groups excluding carboxylic acids is 1. The summed E-state index contributed by atoms with van der Waals surface area (Å²) in [6.07, 6.45) is 2.69. The van der Waals surface area contributed by atoms with E-state index in [1.54, 1.807) is 25.1 Å². The first-order valence-electron chi connectivity index (χ1n) is 7.44. The maximum atomic E-state index is 12.7. The van der Waals surface area contributed by atoms with Crippen molar-refractivity contribution in [2.45, 2.75) is 25.1 Å². The number of methoxy groups -OCH3 is 2. The molecule has 0 saturated carbocycles. The fourth-order valence-corrected chi connectivity index (χ4v) is 3.07. The Hall–Kier alpha value is -1.92. The molecule has 2 aromatic rings. The first-order chi connectivity index (χ1) is 10.7. The zero-order chi connectivity index (χ0) is 15.5. The lowest BCUT2D eigenvalue weighted by atomic mass is 10.2. The standard InChI is InChI=1S/C16H21N3O3/c1-21-11-13-7-14(22-2)9-18(13)16(20)10-19-15-6-4-3-5-12(15)8-17-19/h3-6,8,13-14H,7,9-11H2,1-2H3/t13-,14-/m0/s1. The smallest absolute Gasteiger partial charge is 0.244 e. The Kier molecular flexibility index (Phi) is 4.40. The van der Waals surface area contributed by atoms with E-state index < -0.39 is 0 Å². The number of benzene rings is 1. The summed E-state index contributed by atoms with van der Waals surface area (Å²) in [5.74, 6) is 0.0513. The molecule has 22 heavy (non-hydrogen) atoms. The number of likely N-dealkylation sites (tertiary alicyclic amines) is 1. The molecule has 0 spiro atoms. The van der Waals surface area contributed by atoms with Gasteiger partial charge in [-0.25, -0.2) is 0 Å². The van der Waals surface area contributed by atoms with E-state index in [0.29, 0.717) is 13.2 Å². The zero-order valence-electron chi connectivity index (χ0n) is 12.9. The molecule has 1 amide bonds. The molecule has 6 nitrogen and oxygen atoms in total. The van der Waals surface area contributed by atoms with Gasteiger partial charge in [-0.2, -0.15) is 5.10 Å². The number of hydrogen-bond acceptors (Lipinski definition) is 4. The molecule has 1 aliphatic rings. The van der Waals surface area contributed by atoms with Gasteiger partial charge in [-0.05, 0) is 12.5 Å². The van der Waals surface area contributed by atoms with Crippen LogP contribution in [-0.2, 0) is 20.8 Å². The molecule has 6 heteroatoms. The van der Waals surface area contributed by atoms with E-state index >= 15 is 0 Å². The van der Waals surface area contributed by atoms with Crippen molar-refractivity contribution in [3.8, 4) is 0 Å². The zero-order valence-corrected chi connectivity index (χ0v) is 12.9. The maximum absolute atomic E-state index is 12.7. The molecule has 1 aliphatic heterocycles. The highest BCUT2D eigenvalue weighted by Gasteiger charge is 2.35. The lowest BCUT2D eigenvalue weighted by Gasteiger charge is -2.23. The second-order valence-electron chi connectivity index (χ2n) is 5.61. The Morgan fingerprint density at radius 2 is 2.18 bits per heavy atom. The summed E-state index contributed by atoms with van der Waals surface area (Å²) in [6, 6.07) is 7.96. The van der Waals surface area contributed by atoms with Crippen molar-refractivity contribution in [1.82, 2.24) is 14.7 Å². The highest BCUT2D eigenvalue weighted by Crippen LogP contribution is 2.21. The second-order valence-corrected chi connectivity index (χ2v) is 5.61. The van der Waals surface area contributed by atoms with E-state index in [1.165, 1.54) is 0 Å². The molecule has 1 saturated heterocycles. The summed E-state index contributed by atoms with van der Waals surface area (Å²) in [7, 11) is 3.34. The fourth-order valence-electron chi connectivity index (χ4n) is 3.07. The van der Waals surface area contributed by atoms with E-state index in [1.807, 2.05) is 29.2 Å². The summed E-state index contributed by atoms with van der Waals surface area (Å²) >= 11 is 0. The molecule has 3 rings (SSSR count). The molecule has 2 atom stereocenters. The largest absolute Gasteiger partial charge is 0.383 e. The van der Waals surface area contributed by atoms with E-state index in [2.05, 4.69) is 5.10 Å². The van der Waals surface area contributed by atoms with Crippen LogP contribution in [0.1, 0.15) is 6.42 Å². The van der Waals surface area contributed by atoms with Crippen LogP contribution in [0.4, 0.5) is 0 Å². The molecule has 118 valence electrons. The van der Waals surface area contributed by atoms with Crippen LogP contribution in [0.5, 0.6) is 0 Å². The molecule has 0 N–H and O–H groups in total. The molecule has 0 bridgehead atoms. The van der Waals surface area contributed by atoms with Gasteiger partial charge in [0.05, 0.1) is 30.5 Å². The van der Waals surface area contributed by atoms with Gasteiger partial charge in [-0.3, -0.25) is 9.48 Å². The molecule has 2 heterocycles. The number of aromatic nitrogens is 2. The van der Waals surface area contributed by atoms with Crippen LogP contribution in [0.2, 0.25) is 0 Å². The quantitative estimate of drug-likeness (QED) is 0.835. The lowest BCUT2D eigenvalue weighted by molar-refractivity contribution is -0.134. The maximum Gasteiger partial charge on any atom is 0.244 e. The lowest BCUT2D eigenvalue weighted by Crippen LogP contribution is -2.40. The Balaban J connectivity index is 1.75. The minimum Gasteiger partial charge on any atom is -0.383 e. The Labute approximate surface area is 129 Å². The number of amides is 1. The van der Waals surface area contributed by atoms with Gasteiger partial charge in [0.25, 0.3) is 0 Å². The summed E-state index contributed by atoms with van der Waals surface area (Å²) in [4.78, 5) is 14.5. The van der Waals surface area contributed by atoms with E-state index in [4.69, 9.17) is 9.47 Å². The Morgan fingerprint density at radius 1 is 1.36 bits per heavy atom. The van der Waals surface area contributed by atoms with Gasteiger partial charge in [-0.15, -0.1) is 0 Å². The minimum absolute atomic E-state index is 0.0513. The number of rotatable bonds is 5. The van der Waals surface area contributed by atoms with Crippen molar-refractivity contribution in [1.29, 1.82) is 0 Å². The number of fused-ring (bicyclic) bond motifs is 1. The predicted molar refractivity (Wildman–Crippen MR) is 82.5 cm³/mol. The van der Waals surface area contributed by atoms with Gasteiger partial charge < -0.3 is 14.4 Å². The molecule has 0 aliphatic carbocycles. The number of nitrogens with zero attached hydrogens (tertiary/aromatic N) is 3. The number of ether oxygens (including phenoxy) is 2. The summed E-state index contributed by atoms with van der Waals surface area (Å²) < 4.78 is 12.4. The van der Waals surface area contributed by atoms with Gasteiger partial charge in [0.1, 0.15) is 6.54 Å². The average molecular weight is 303 g/mol. The molecule has 1 fully saturated rings. The minimum atomic E-state index is 0.0513. The Bertz CT molecular complexity index is 655. The van der Waals surface area contributed by atoms with Crippen LogP contribution < -0.4 is 0 Å². The molecular formula is C16H21N3O3. The number of hydrogen-bond donors (Lipinski definition) is 0. The second kappa shape index (κ2) is 6.46. The van der Waals surface area contributed by atoms with Gasteiger partial charge >= 0.3 is 0 Å². The summed E-state index contributed by atoms with van der Waals surface area (Å²) in [6.45, 7) is 1.39. The fraction of sp³-hybridized carbons (Fsp3) is 0.500. The van der Waals surface area contributed by atoms with E-state index in [0.717, 1.165) is 17.3 Å². The Morgan fingerprint density at radius 3 is 2.95 bits per heavy atom. The highest BCUT2D eigenvalue weighted by molar-refractivity contribution is 5.82. The molecule has 0 unspecified atom stereocenters. The van der Waals surface area contributed by atoms with E-state index in [9.17, 15) is 4.79 Å². The summed E-state index contributed by atoms with van der Waals surface area (Å²) in [5.41, 5.74) is 0.974. The van der Waals surface area contributed by atoms with E-state index in [-0.39, 0.29) is 24.6 Å². The molecule has 1 aromatic heterocycles. The predicted octanol–water partition coefficient (Wildman–Crippen LogP) is 1.30. The van der Waals surface area contributed by atoms with Crippen molar-refractivity contribution in [3.63, 3.8) is 0 Å². The normalized spacial score (nSPS) is 21.6. The van der Waals surface area contributed by atoms with Gasteiger partial charge in [0.15, 0.2) is 0 Å². The van der Waals surface area contributed by atoms with Crippen LogP contribution in [0.3, 0.4) is 0 Å². The van der Waals surface area contributed by atoms with Crippen molar-refractivity contribution >= 4 is 16.8 Å². The first kappa shape index (κ1) is 15.0. The van der Waals surface area contributed by atoms with Gasteiger partial charge in [0.2, 0.25) is 5.91 Å². The van der Waals surface area contributed by atoms with Gasteiger partial charge in [-0.1, -0.05) is 18.2 Å². The van der Waals surface area contributed by atoms with Crippen molar-refractivity contribution < 1.29 is 14.3 Å². The topological polar surface area (TPSA) is 56.6 Å². The number of carbonyl (C=O) groups is 1. The third-order valence-corrected chi connectivity index (χ3v) is 4.22. The van der Waals surface area contributed by atoms with Crippen molar-refractivity contribution in [2.24, 2.45) is 0 Å². The van der Waals surface area contributed by atoms with Crippen LogP contribution in [-0.4, -0.2) is 60.1 Å². The average Bonchev–Trinajstić information content (AvgIpc) is 3.12. The van der Waals surface area contributed by atoms with Crippen LogP contribution in [0, 0.1) is 0 Å². The van der Waals surface area contributed by atoms with Crippen LogP contribution in [0.25, 0.3) is 10.9 Å². The highest BCUT2D eigenvalue weighted by atomic mass is 16.5. The summed E-state index contributed by atoms with van der Waals surface area (Å²) in [5, 5.41) is 5.37. The number of para-hydroxylation sites is 1. The third kappa shape index (κ3) is 2.84. The SMILES string of the molecule is COC[C@@H]1C[C@H](OC)CN1C(=O)Cn1ncc2ccccc21. The van der Waals surface area contributed by atoms with Gasteiger partial charge in [0, 0.05) is 26.2 Å². The molecular weight excluding hydrogens is 282 g/mol. The van der Waals surface area contributed by atoms with Crippen molar-refractivity contribution in [3.05, 3.63) is 30.5 Å². The van der Waals surface area contributed by atoms with Crippen LogP contribution in [0.15, 0.2) is 30.5 Å². The third-order valence-electron chi connectivity index (χ3n) is 4.22. The molecule has 0 radical (unpaired) electrons.